The molecule has 0 spiro atoms. The van der Waals surface area contributed by atoms with Crippen molar-refractivity contribution in [2.45, 2.75) is 32.5 Å². The number of nitrogens with one attached hydrogen (secondary N) is 1. The van der Waals surface area contributed by atoms with E-state index in [1.807, 2.05) is 24.4 Å². The standard InChI is InChI=1S/C29H31N5S/c1-20-18-25(21(2)34(20)24-15-13-23(14-16-24)32(3)4)28-27(26-12-8-9-17-30-26)31-29(35)33(28)19-22-10-6-5-7-11-22/h5-18,27-28H,19H2,1-4H3,(H,31,35)/t27-,28+/m0/s1. The van der Waals surface area contributed by atoms with Gasteiger partial charge in [0.05, 0.1) is 17.8 Å². The summed E-state index contributed by atoms with van der Waals surface area (Å²) in [6.07, 6.45) is 1.85. The van der Waals surface area contributed by atoms with Gasteiger partial charge < -0.3 is 19.7 Å². The second-order valence-electron chi connectivity index (χ2n) is 9.31. The molecule has 1 N–H and O–H groups in total. The fourth-order valence-electron chi connectivity index (χ4n) is 5.08. The Morgan fingerprint density at radius 3 is 2.31 bits per heavy atom. The number of aromatic nitrogens is 2. The van der Waals surface area contributed by atoms with Gasteiger partial charge >= 0.3 is 0 Å². The fourth-order valence-corrected chi connectivity index (χ4v) is 5.38. The van der Waals surface area contributed by atoms with Gasteiger partial charge in [-0.2, -0.15) is 0 Å². The molecule has 0 radical (unpaired) electrons. The Kier molecular flexibility index (Phi) is 6.31. The molecule has 0 saturated carbocycles. The molecule has 2 aromatic heterocycles. The number of hydrogen-bond acceptors (Lipinski definition) is 3. The highest BCUT2D eigenvalue weighted by molar-refractivity contribution is 7.80. The first-order valence-electron chi connectivity index (χ1n) is 11.9. The highest BCUT2D eigenvalue weighted by atomic mass is 32.1. The lowest BCUT2D eigenvalue weighted by Crippen LogP contribution is -2.29. The normalized spacial score (nSPS) is 17.5. The maximum Gasteiger partial charge on any atom is 0.170 e. The van der Waals surface area contributed by atoms with E-state index in [4.69, 9.17) is 17.2 Å². The van der Waals surface area contributed by atoms with Crippen molar-refractivity contribution in [3.8, 4) is 5.69 Å². The molecule has 1 aliphatic heterocycles. The number of aryl methyl sites for hydroxylation is 1. The van der Waals surface area contributed by atoms with E-state index in [9.17, 15) is 0 Å². The van der Waals surface area contributed by atoms with Crippen LogP contribution in [0.4, 0.5) is 5.69 Å². The third-order valence-electron chi connectivity index (χ3n) is 6.81. The van der Waals surface area contributed by atoms with Gasteiger partial charge in [-0.3, -0.25) is 4.98 Å². The lowest BCUT2D eigenvalue weighted by atomic mass is 9.96. The molecule has 0 aliphatic carbocycles. The Hall–Kier alpha value is -3.64. The van der Waals surface area contributed by atoms with Crippen LogP contribution in [0.2, 0.25) is 0 Å². The van der Waals surface area contributed by atoms with Crippen LogP contribution in [-0.4, -0.2) is 33.7 Å². The number of thiocarbonyl (C=S) groups is 1. The van der Waals surface area contributed by atoms with E-state index in [0.29, 0.717) is 0 Å². The van der Waals surface area contributed by atoms with Gasteiger partial charge in [-0.15, -0.1) is 0 Å². The smallest absolute Gasteiger partial charge is 0.170 e. The van der Waals surface area contributed by atoms with Gasteiger partial charge in [0.25, 0.3) is 0 Å². The average molecular weight is 482 g/mol. The molecule has 5 rings (SSSR count). The Labute approximate surface area is 213 Å². The van der Waals surface area contributed by atoms with Crippen molar-refractivity contribution in [3.05, 3.63) is 113 Å². The lowest BCUT2D eigenvalue weighted by molar-refractivity contribution is 0.310. The summed E-state index contributed by atoms with van der Waals surface area (Å²) in [6.45, 7) is 5.12. The van der Waals surface area contributed by atoms with Gasteiger partial charge in [0, 0.05) is 49.6 Å². The summed E-state index contributed by atoms with van der Waals surface area (Å²) in [6, 6.07) is 27.6. The maximum absolute atomic E-state index is 5.88. The third-order valence-corrected chi connectivity index (χ3v) is 7.16. The summed E-state index contributed by atoms with van der Waals surface area (Å²) in [5.41, 5.74) is 8.26. The summed E-state index contributed by atoms with van der Waals surface area (Å²) in [7, 11) is 4.13. The Bertz CT molecular complexity index is 1310. The second-order valence-corrected chi connectivity index (χ2v) is 9.70. The van der Waals surface area contributed by atoms with Crippen molar-refractivity contribution >= 4 is 23.0 Å². The molecule has 2 aromatic carbocycles. The Morgan fingerprint density at radius 2 is 1.66 bits per heavy atom. The molecular formula is C29H31N5S. The molecule has 6 heteroatoms. The maximum atomic E-state index is 5.88. The van der Waals surface area contributed by atoms with Gasteiger partial charge in [-0.25, -0.2) is 0 Å². The molecular weight excluding hydrogens is 450 g/mol. The third kappa shape index (κ3) is 4.42. The van der Waals surface area contributed by atoms with Crippen molar-refractivity contribution in [3.63, 3.8) is 0 Å². The number of nitrogens with zero attached hydrogens (tertiary/aromatic N) is 4. The average Bonchev–Trinajstić information content (AvgIpc) is 3.35. The van der Waals surface area contributed by atoms with Crippen LogP contribution < -0.4 is 10.2 Å². The minimum atomic E-state index is -0.0301. The molecule has 0 amide bonds. The van der Waals surface area contributed by atoms with Crippen LogP contribution in [0.15, 0.2) is 85.1 Å². The number of hydrogen-bond donors (Lipinski definition) is 1. The van der Waals surface area contributed by atoms with E-state index in [1.165, 1.54) is 28.2 Å². The number of rotatable bonds is 6. The molecule has 178 valence electrons. The van der Waals surface area contributed by atoms with Crippen molar-refractivity contribution in [2.24, 2.45) is 0 Å². The van der Waals surface area contributed by atoms with Crippen molar-refractivity contribution in [1.82, 2.24) is 19.8 Å². The van der Waals surface area contributed by atoms with Gasteiger partial charge in [-0.1, -0.05) is 36.4 Å². The minimum absolute atomic E-state index is 0.0265. The van der Waals surface area contributed by atoms with Gasteiger partial charge in [0.1, 0.15) is 0 Å². The van der Waals surface area contributed by atoms with Crippen LogP contribution in [0.1, 0.15) is 40.3 Å². The number of pyridine rings is 1. The summed E-state index contributed by atoms with van der Waals surface area (Å²) in [4.78, 5) is 9.13. The van der Waals surface area contributed by atoms with Crippen LogP contribution in [0, 0.1) is 13.8 Å². The molecule has 1 fully saturated rings. The monoisotopic (exact) mass is 481 g/mol. The van der Waals surface area contributed by atoms with Crippen LogP contribution in [0.5, 0.6) is 0 Å². The summed E-state index contributed by atoms with van der Waals surface area (Å²) < 4.78 is 2.34. The summed E-state index contributed by atoms with van der Waals surface area (Å²) in [5, 5.41) is 4.34. The summed E-state index contributed by atoms with van der Waals surface area (Å²) >= 11 is 5.88. The van der Waals surface area contributed by atoms with E-state index in [1.54, 1.807) is 0 Å². The van der Waals surface area contributed by atoms with Gasteiger partial charge in [0.15, 0.2) is 5.11 Å². The molecule has 5 nitrogen and oxygen atoms in total. The van der Waals surface area contributed by atoms with E-state index in [-0.39, 0.29) is 12.1 Å². The highest BCUT2D eigenvalue weighted by Gasteiger charge is 2.41. The van der Waals surface area contributed by atoms with E-state index in [0.717, 1.165) is 23.0 Å². The number of anilines is 1. The topological polar surface area (TPSA) is 36.3 Å². The summed E-state index contributed by atoms with van der Waals surface area (Å²) in [5.74, 6) is 0. The lowest BCUT2D eigenvalue weighted by Gasteiger charge is -2.28. The van der Waals surface area contributed by atoms with Crippen LogP contribution in [-0.2, 0) is 6.54 Å². The molecule has 1 aliphatic rings. The highest BCUT2D eigenvalue weighted by Crippen LogP contribution is 2.42. The predicted molar refractivity (Wildman–Crippen MR) is 147 cm³/mol. The quantitative estimate of drug-likeness (QED) is 0.356. The van der Waals surface area contributed by atoms with Crippen LogP contribution in [0.25, 0.3) is 5.69 Å². The Morgan fingerprint density at radius 1 is 0.943 bits per heavy atom. The number of benzene rings is 2. The molecule has 1 saturated heterocycles. The van der Waals surface area contributed by atoms with E-state index >= 15 is 0 Å². The van der Waals surface area contributed by atoms with Crippen molar-refractivity contribution in [2.75, 3.05) is 19.0 Å². The molecule has 0 unspecified atom stereocenters. The van der Waals surface area contributed by atoms with E-state index in [2.05, 4.69) is 108 Å². The zero-order valence-corrected chi connectivity index (χ0v) is 21.5. The first-order valence-corrected chi connectivity index (χ1v) is 12.3. The van der Waals surface area contributed by atoms with Crippen LogP contribution >= 0.6 is 12.2 Å². The van der Waals surface area contributed by atoms with Gasteiger partial charge in [0.2, 0.25) is 0 Å². The van der Waals surface area contributed by atoms with Gasteiger partial charge in [-0.05, 0) is 79.7 Å². The molecule has 0 bridgehead atoms. The zero-order chi connectivity index (χ0) is 24.5. The van der Waals surface area contributed by atoms with Crippen molar-refractivity contribution in [1.29, 1.82) is 0 Å². The second kappa shape index (κ2) is 9.55. The Balaban J connectivity index is 1.59. The molecule has 3 heterocycles. The minimum Gasteiger partial charge on any atom is -0.378 e. The largest absolute Gasteiger partial charge is 0.378 e. The van der Waals surface area contributed by atoms with Crippen LogP contribution in [0.3, 0.4) is 0 Å². The molecule has 35 heavy (non-hydrogen) atoms. The van der Waals surface area contributed by atoms with E-state index < -0.39 is 0 Å². The zero-order valence-electron chi connectivity index (χ0n) is 20.6. The molecule has 4 aromatic rings. The first kappa shape index (κ1) is 23.1. The fraction of sp³-hybridized carbons (Fsp3) is 0.241. The predicted octanol–water partition coefficient (Wildman–Crippen LogP) is 5.73. The first-order chi connectivity index (χ1) is 16.9. The molecule has 2 atom stereocenters. The van der Waals surface area contributed by atoms with Crippen molar-refractivity contribution < 1.29 is 0 Å². The SMILES string of the molecule is Cc1cc([C@@H]2[C@H](c3ccccn3)NC(=S)N2Cc2ccccc2)c(C)n1-c1ccc(N(C)C)cc1.